The van der Waals surface area contributed by atoms with Crippen LogP contribution in [0.5, 0.6) is 5.75 Å². The fourth-order valence-corrected chi connectivity index (χ4v) is 3.55. The van der Waals surface area contributed by atoms with Gasteiger partial charge < -0.3 is 37.6 Å². The summed E-state index contributed by atoms with van der Waals surface area (Å²) in [6.07, 6.45) is 3.86. The molecule has 0 fully saturated rings. The van der Waals surface area contributed by atoms with Crippen LogP contribution in [0.1, 0.15) is 31.2 Å². The number of hydrogen-bond donors (Lipinski definition) is 7. The van der Waals surface area contributed by atoms with Gasteiger partial charge in [0.25, 0.3) is 0 Å². The van der Waals surface area contributed by atoms with E-state index in [0.29, 0.717) is 31.6 Å². The summed E-state index contributed by atoms with van der Waals surface area (Å²) in [6, 6.07) is 3.50. The zero-order valence-electron chi connectivity index (χ0n) is 19.3. The summed E-state index contributed by atoms with van der Waals surface area (Å²) in [7, 11) is 0. The van der Waals surface area contributed by atoms with Crippen molar-refractivity contribution in [1.82, 2.24) is 16.0 Å². The third kappa shape index (κ3) is 11.3. The average Bonchev–Trinajstić information content (AvgIpc) is 2.80. The molecule has 1 aromatic rings. The maximum absolute atomic E-state index is 13.0. The predicted molar refractivity (Wildman–Crippen MR) is 130 cm³/mol. The molecule has 190 valence electrons. The minimum absolute atomic E-state index is 0.101. The first-order chi connectivity index (χ1) is 16.2. The Balaban J connectivity index is 2.83. The highest BCUT2D eigenvalue weighted by molar-refractivity contribution is 7.98. The largest absolute Gasteiger partial charge is 0.508 e. The molecule has 0 bridgehead atoms. The molecular weight excluding hydrogens is 462 g/mol. The zero-order valence-corrected chi connectivity index (χ0v) is 20.1. The number of aromatic hydroxyl groups is 1. The van der Waals surface area contributed by atoms with E-state index < -0.39 is 48.4 Å². The third-order valence-electron chi connectivity index (χ3n) is 4.97. The van der Waals surface area contributed by atoms with Gasteiger partial charge in [-0.3, -0.25) is 19.2 Å². The van der Waals surface area contributed by atoms with Gasteiger partial charge in [-0.25, -0.2) is 0 Å². The normalized spacial score (nSPS) is 13.4. The Hall–Kier alpha value is -2.83. The molecule has 12 heteroatoms. The van der Waals surface area contributed by atoms with Crippen LogP contribution < -0.4 is 27.4 Å². The van der Waals surface area contributed by atoms with Crippen molar-refractivity contribution < 1.29 is 29.4 Å². The molecule has 0 saturated carbocycles. The quantitative estimate of drug-likeness (QED) is 0.145. The lowest BCUT2D eigenvalue weighted by atomic mass is 10.0. The lowest BCUT2D eigenvalue weighted by molar-refractivity contribution is -0.138. The molecule has 0 aliphatic carbocycles. The highest BCUT2D eigenvalue weighted by Crippen LogP contribution is 2.11. The maximum Gasteiger partial charge on any atom is 0.322 e. The van der Waals surface area contributed by atoms with E-state index in [1.165, 1.54) is 23.9 Å². The molecule has 0 saturated heterocycles. The van der Waals surface area contributed by atoms with E-state index in [2.05, 4.69) is 16.0 Å². The molecule has 0 aliphatic heterocycles. The average molecular weight is 498 g/mol. The molecule has 0 spiro atoms. The first-order valence-corrected chi connectivity index (χ1v) is 12.4. The van der Waals surface area contributed by atoms with Crippen LogP contribution in [0.3, 0.4) is 0 Å². The third-order valence-corrected chi connectivity index (χ3v) is 5.61. The van der Waals surface area contributed by atoms with Gasteiger partial charge in [-0.2, -0.15) is 11.8 Å². The SMILES string of the molecule is CSCCC(NC(=O)C(N)Cc1ccc(O)cc1)C(=O)NC(CCCCN)C(=O)NCC(=O)O. The number of amides is 3. The molecular formula is C22H35N5O6S. The van der Waals surface area contributed by atoms with Crippen molar-refractivity contribution in [2.75, 3.05) is 25.1 Å². The minimum atomic E-state index is -1.20. The number of carbonyl (C=O) groups is 4. The number of benzene rings is 1. The number of hydrogen-bond acceptors (Lipinski definition) is 8. The summed E-state index contributed by atoms with van der Waals surface area (Å²) < 4.78 is 0. The van der Waals surface area contributed by atoms with E-state index in [1.807, 2.05) is 6.26 Å². The van der Waals surface area contributed by atoms with Gasteiger partial charge in [-0.05, 0) is 68.4 Å². The number of rotatable bonds is 16. The molecule has 1 rings (SSSR count). The van der Waals surface area contributed by atoms with Gasteiger partial charge in [0.2, 0.25) is 17.7 Å². The Morgan fingerprint density at radius 2 is 1.59 bits per heavy atom. The first-order valence-electron chi connectivity index (χ1n) is 11.0. The van der Waals surface area contributed by atoms with E-state index in [9.17, 15) is 24.3 Å². The maximum atomic E-state index is 13.0. The topological polar surface area (TPSA) is 197 Å². The Morgan fingerprint density at radius 3 is 2.18 bits per heavy atom. The number of nitrogens with one attached hydrogen (secondary N) is 3. The van der Waals surface area contributed by atoms with Crippen LogP contribution in [-0.4, -0.2) is 77.1 Å². The number of nitrogens with two attached hydrogens (primary N) is 2. The molecule has 1 aromatic carbocycles. The number of thioether (sulfide) groups is 1. The van der Waals surface area contributed by atoms with E-state index in [-0.39, 0.29) is 18.6 Å². The highest BCUT2D eigenvalue weighted by Gasteiger charge is 2.28. The smallest absolute Gasteiger partial charge is 0.322 e. The van der Waals surface area contributed by atoms with E-state index in [0.717, 1.165) is 5.56 Å². The van der Waals surface area contributed by atoms with Crippen molar-refractivity contribution in [3.05, 3.63) is 29.8 Å². The van der Waals surface area contributed by atoms with Crippen molar-refractivity contribution in [2.45, 2.75) is 50.2 Å². The molecule has 3 unspecified atom stereocenters. The molecule has 0 aliphatic rings. The number of carboxylic acids is 1. The second-order valence-corrected chi connectivity index (χ2v) is 8.76. The van der Waals surface area contributed by atoms with Gasteiger partial charge in [0.1, 0.15) is 24.4 Å². The van der Waals surface area contributed by atoms with Crippen LogP contribution in [0.2, 0.25) is 0 Å². The number of aliphatic carboxylic acids is 1. The minimum Gasteiger partial charge on any atom is -0.508 e. The molecule has 0 aromatic heterocycles. The Labute approximate surface area is 203 Å². The van der Waals surface area contributed by atoms with Crippen LogP contribution in [0.25, 0.3) is 0 Å². The van der Waals surface area contributed by atoms with Crippen molar-refractivity contribution in [3.8, 4) is 5.75 Å². The van der Waals surface area contributed by atoms with E-state index in [4.69, 9.17) is 16.6 Å². The van der Waals surface area contributed by atoms with Crippen LogP contribution in [0.15, 0.2) is 24.3 Å². The number of unbranched alkanes of at least 4 members (excludes halogenated alkanes) is 1. The second-order valence-electron chi connectivity index (χ2n) is 7.78. The van der Waals surface area contributed by atoms with Crippen molar-refractivity contribution in [3.63, 3.8) is 0 Å². The molecule has 3 amide bonds. The fourth-order valence-electron chi connectivity index (χ4n) is 3.08. The lowest BCUT2D eigenvalue weighted by Crippen LogP contribution is -2.56. The number of phenols is 1. The lowest BCUT2D eigenvalue weighted by Gasteiger charge is -2.24. The standard InChI is InChI=1S/C22H35N5O6S/c1-34-11-9-18(26-20(31)16(24)12-14-5-7-15(28)8-6-14)22(33)27-17(4-2-3-10-23)21(32)25-13-19(29)30/h5-8,16-18,28H,2-4,9-13,23-24H2,1H3,(H,25,32)(H,26,31)(H,27,33)(H,29,30). The summed E-state index contributed by atoms with van der Waals surface area (Å²) in [6.45, 7) is -0.149. The van der Waals surface area contributed by atoms with Crippen molar-refractivity contribution >= 4 is 35.5 Å². The number of carbonyl (C=O) groups excluding carboxylic acids is 3. The van der Waals surface area contributed by atoms with Crippen LogP contribution in [0, 0.1) is 0 Å². The van der Waals surface area contributed by atoms with Gasteiger partial charge in [0.15, 0.2) is 0 Å². The first kappa shape index (κ1) is 29.2. The summed E-state index contributed by atoms with van der Waals surface area (Å²) >= 11 is 1.50. The molecule has 11 nitrogen and oxygen atoms in total. The predicted octanol–water partition coefficient (Wildman–Crippen LogP) is -0.685. The number of phenolic OH excluding ortho intramolecular Hbond substituents is 1. The van der Waals surface area contributed by atoms with Gasteiger partial charge in [-0.15, -0.1) is 0 Å². The zero-order chi connectivity index (χ0) is 25.5. The molecule has 0 radical (unpaired) electrons. The number of carboxylic acid groups (broad SMARTS) is 1. The van der Waals surface area contributed by atoms with Crippen LogP contribution in [0.4, 0.5) is 0 Å². The van der Waals surface area contributed by atoms with Gasteiger partial charge >= 0.3 is 5.97 Å². The van der Waals surface area contributed by atoms with E-state index >= 15 is 0 Å². The summed E-state index contributed by atoms with van der Waals surface area (Å²) in [5.41, 5.74) is 12.3. The fraction of sp³-hybridized carbons (Fsp3) is 0.545. The Morgan fingerprint density at radius 1 is 0.971 bits per heavy atom. The Bertz CT molecular complexity index is 807. The van der Waals surface area contributed by atoms with Crippen molar-refractivity contribution in [1.29, 1.82) is 0 Å². The van der Waals surface area contributed by atoms with E-state index in [1.54, 1.807) is 12.1 Å². The van der Waals surface area contributed by atoms with Gasteiger partial charge in [0.05, 0.1) is 6.04 Å². The van der Waals surface area contributed by atoms with Crippen molar-refractivity contribution in [2.24, 2.45) is 11.5 Å². The Kier molecular flexibility index (Phi) is 13.7. The van der Waals surface area contributed by atoms with Gasteiger partial charge in [0, 0.05) is 0 Å². The van der Waals surface area contributed by atoms with Crippen LogP contribution in [-0.2, 0) is 25.6 Å². The van der Waals surface area contributed by atoms with Gasteiger partial charge in [-0.1, -0.05) is 12.1 Å². The molecule has 9 N–H and O–H groups in total. The summed E-state index contributed by atoms with van der Waals surface area (Å²) in [5, 5.41) is 25.7. The highest BCUT2D eigenvalue weighted by atomic mass is 32.2. The molecule has 0 heterocycles. The monoisotopic (exact) mass is 497 g/mol. The molecule has 3 atom stereocenters. The molecule has 34 heavy (non-hydrogen) atoms. The second kappa shape index (κ2) is 15.9. The summed E-state index contributed by atoms with van der Waals surface area (Å²) in [5.74, 6) is -2.22. The van der Waals surface area contributed by atoms with Crippen LogP contribution >= 0.6 is 11.8 Å². The summed E-state index contributed by atoms with van der Waals surface area (Å²) in [4.78, 5) is 48.8.